The minimum Gasteiger partial charge on any atom is -0.748 e. The van der Waals surface area contributed by atoms with Gasteiger partial charge in [0.05, 0.1) is 0 Å². The van der Waals surface area contributed by atoms with Gasteiger partial charge >= 0.3 is 0 Å². The average molecular weight is 211 g/mol. The average Bonchev–Trinajstić information content (AvgIpc) is 2.81. The largest absolute Gasteiger partial charge is 0.748 e. The van der Waals surface area contributed by atoms with E-state index in [9.17, 15) is 0 Å². The van der Waals surface area contributed by atoms with Crippen LogP contribution in [0.2, 0.25) is 0 Å². The Hall–Kier alpha value is -1.04. The Balaban J connectivity index is 0.000000215. The van der Waals surface area contributed by atoms with Crippen molar-refractivity contribution in [1.82, 2.24) is 0 Å². The van der Waals surface area contributed by atoms with Crippen molar-refractivity contribution in [2.75, 3.05) is 0 Å². The van der Waals surface area contributed by atoms with Gasteiger partial charge in [0.25, 0.3) is 0 Å². The van der Waals surface area contributed by atoms with E-state index in [0.717, 1.165) is 0 Å². The Morgan fingerprint density at radius 3 is 1.54 bits per heavy atom. The molecule has 0 bridgehead atoms. The zero-order valence-corrected chi connectivity index (χ0v) is 8.54. The van der Waals surface area contributed by atoms with E-state index in [1.54, 1.807) is 0 Å². The van der Waals surface area contributed by atoms with Gasteiger partial charge in [-0.15, -0.1) is 23.8 Å². The molecule has 0 heterocycles. The Bertz CT molecular complexity index is 260. The molecule has 2 rings (SSSR count). The van der Waals surface area contributed by atoms with Gasteiger partial charge in [0.15, 0.2) is 0 Å². The van der Waals surface area contributed by atoms with Crippen LogP contribution < -0.4 is 0 Å². The smallest absolute Gasteiger partial charge is 0 e. The predicted molar refractivity (Wildman–Crippen MR) is 54.2 cm³/mol. The van der Waals surface area contributed by atoms with Crippen LogP contribution in [0.3, 0.4) is 0 Å². The van der Waals surface area contributed by atoms with Gasteiger partial charge in [0.2, 0.25) is 0 Å². The maximum Gasteiger partial charge on any atom is 0 e. The van der Waals surface area contributed by atoms with Crippen molar-refractivity contribution in [2.24, 2.45) is 0 Å². The van der Waals surface area contributed by atoms with Gasteiger partial charge in [-0.2, -0.15) is 18.7 Å². The minimum absolute atomic E-state index is 0. The summed E-state index contributed by atoms with van der Waals surface area (Å²) in [4.78, 5) is 0. The third-order valence-electron chi connectivity index (χ3n) is 1.48. The molecule has 13 heavy (non-hydrogen) atoms. The maximum absolute atomic E-state index is 3.60. The molecular weight excluding hydrogens is 199 g/mol. The van der Waals surface area contributed by atoms with Crippen LogP contribution in [0.5, 0.6) is 0 Å². The van der Waals surface area contributed by atoms with Crippen LogP contribution in [-0.4, -0.2) is 0 Å². The van der Waals surface area contributed by atoms with Crippen LogP contribution in [0.25, 0.3) is 6.08 Å². The fraction of sp³-hybridized carbons (Fsp3) is 0. The first-order chi connectivity index (χ1) is 5.93. The van der Waals surface area contributed by atoms with Crippen molar-refractivity contribution in [3.63, 3.8) is 0 Å². The first-order valence-corrected chi connectivity index (χ1v) is 3.94. The summed E-state index contributed by atoms with van der Waals surface area (Å²) in [6.07, 6.45) is 1.83. The van der Waals surface area contributed by atoms with E-state index in [1.165, 1.54) is 5.56 Å². The molecule has 2 aromatic rings. The summed E-state index contributed by atoms with van der Waals surface area (Å²) < 4.78 is 0. The van der Waals surface area contributed by atoms with Gasteiger partial charge in [-0.1, -0.05) is 0 Å². The van der Waals surface area contributed by atoms with Crippen molar-refractivity contribution in [2.45, 2.75) is 0 Å². The number of hydrogen-bond donors (Lipinski definition) is 0. The fourth-order valence-electron chi connectivity index (χ4n) is 0.846. The molecule has 0 spiro atoms. The summed E-state index contributed by atoms with van der Waals surface area (Å²) in [5, 5.41) is 0. The van der Waals surface area contributed by atoms with Crippen LogP contribution in [0.1, 0.15) is 5.56 Å². The summed E-state index contributed by atoms with van der Waals surface area (Å²) >= 11 is 0. The van der Waals surface area contributed by atoms with Crippen LogP contribution in [0.4, 0.5) is 0 Å². The Labute approximate surface area is 90.1 Å². The SMILES string of the molecule is C=C[c-]1cccc1.[Mn].[cH-]1[cH-][cH-][cH-][cH-]1. The minimum atomic E-state index is 0. The molecule has 0 unspecified atom stereocenters. The Kier molecular flexibility index (Phi) is 6.99. The van der Waals surface area contributed by atoms with Gasteiger partial charge < -0.3 is 30.3 Å². The molecule has 0 aromatic heterocycles. The third kappa shape index (κ3) is 5.24. The standard InChI is InChI=1S/C7H7.C5H5.Mn/c1-2-7-5-3-4-6-7;1-2-4-5-3-1;/h2-6H,1H2;1-5H;/q-1;-5;. The topological polar surface area (TPSA) is 0 Å². The Morgan fingerprint density at radius 2 is 1.31 bits per heavy atom. The molecule has 0 fully saturated rings. The van der Waals surface area contributed by atoms with Crippen LogP contribution in [-0.2, 0) is 17.1 Å². The first-order valence-electron chi connectivity index (χ1n) is 3.94. The van der Waals surface area contributed by atoms with E-state index in [0.29, 0.717) is 0 Å². The van der Waals surface area contributed by atoms with Crippen molar-refractivity contribution < 1.29 is 17.1 Å². The molecule has 0 aliphatic carbocycles. The Morgan fingerprint density at radius 1 is 0.923 bits per heavy atom. The molecule has 0 saturated carbocycles. The van der Waals surface area contributed by atoms with E-state index < -0.39 is 0 Å². The van der Waals surface area contributed by atoms with E-state index in [2.05, 4.69) is 6.58 Å². The summed E-state index contributed by atoms with van der Waals surface area (Å²) in [5.41, 5.74) is 1.19. The van der Waals surface area contributed by atoms with Crippen molar-refractivity contribution in [3.8, 4) is 0 Å². The van der Waals surface area contributed by atoms with Gasteiger partial charge in [-0.25, -0.2) is 0 Å². The number of hydrogen-bond acceptors (Lipinski definition) is 0. The van der Waals surface area contributed by atoms with Crippen molar-refractivity contribution in [1.29, 1.82) is 0 Å². The normalized spacial score (nSPS) is 7.69. The van der Waals surface area contributed by atoms with Gasteiger partial charge in [-0.05, 0) is 0 Å². The molecule has 0 atom stereocenters. The first kappa shape index (κ1) is 12.0. The second-order valence-electron chi connectivity index (χ2n) is 2.38. The molecule has 73 valence electrons. The predicted octanol–water partition coefficient (Wildman–Crippen LogP) is 3.45. The quantitative estimate of drug-likeness (QED) is 0.500. The van der Waals surface area contributed by atoms with Gasteiger partial charge in [-0.3, -0.25) is 0 Å². The zero-order chi connectivity index (χ0) is 8.65. The molecule has 0 aliphatic rings. The van der Waals surface area contributed by atoms with Crippen LogP contribution in [0, 0.1) is 0 Å². The molecular formula is C12H12Mn-6. The molecule has 0 N–H and O–H groups in total. The van der Waals surface area contributed by atoms with E-state index in [4.69, 9.17) is 0 Å². The van der Waals surface area contributed by atoms with Gasteiger partial charge in [0.1, 0.15) is 0 Å². The van der Waals surface area contributed by atoms with E-state index in [1.807, 2.05) is 60.7 Å². The van der Waals surface area contributed by atoms with Crippen LogP contribution >= 0.6 is 0 Å². The monoisotopic (exact) mass is 211 g/mol. The number of rotatable bonds is 1. The van der Waals surface area contributed by atoms with Crippen molar-refractivity contribution in [3.05, 3.63) is 66.7 Å². The molecule has 2 aromatic carbocycles. The second kappa shape index (κ2) is 7.60. The fourth-order valence-corrected chi connectivity index (χ4v) is 0.846. The maximum atomic E-state index is 3.60. The molecule has 1 heteroatoms. The molecule has 0 saturated heterocycles. The second-order valence-corrected chi connectivity index (χ2v) is 2.38. The molecule has 0 aliphatic heterocycles. The van der Waals surface area contributed by atoms with Crippen molar-refractivity contribution >= 4 is 6.08 Å². The van der Waals surface area contributed by atoms with Crippen LogP contribution in [0.15, 0.2) is 61.2 Å². The van der Waals surface area contributed by atoms with E-state index in [-0.39, 0.29) is 17.1 Å². The summed E-state index contributed by atoms with van der Waals surface area (Å²) in [6, 6.07) is 18.0. The summed E-state index contributed by atoms with van der Waals surface area (Å²) in [5.74, 6) is 0. The summed E-state index contributed by atoms with van der Waals surface area (Å²) in [6.45, 7) is 3.60. The van der Waals surface area contributed by atoms with Gasteiger partial charge in [0, 0.05) is 17.1 Å². The molecule has 0 amide bonds. The molecule has 1 radical (unpaired) electrons. The summed E-state index contributed by atoms with van der Waals surface area (Å²) in [7, 11) is 0. The zero-order valence-electron chi connectivity index (χ0n) is 7.36. The van der Waals surface area contributed by atoms with E-state index >= 15 is 0 Å². The third-order valence-corrected chi connectivity index (χ3v) is 1.48. The molecule has 0 nitrogen and oxygen atoms in total.